The van der Waals surface area contributed by atoms with E-state index in [2.05, 4.69) is 5.32 Å². The van der Waals surface area contributed by atoms with Gasteiger partial charge < -0.3 is 5.32 Å². The summed E-state index contributed by atoms with van der Waals surface area (Å²) in [4.78, 5) is 12.7. The highest BCUT2D eigenvalue weighted by Crippen LogP contribution is 2.24. The zero-order chi connectivity index (χ0) is 21.6. The Morgan fingerprint density at radius 1 is 0.933 bits per heavy atom. The van der Waals surface area contributed by atoms with Gasteiger partial charge in [-0.1, -0.05) is 55.5 Å². The van der Waals surface area contributed by atoms with E-state index in [0.717, 1.165) is 22.0 Å². The van der Waals surface area contributed by atoms with Crippen LogP contribution < -0.4 is 9.62 Å². The van der Waals surface area contributed by atoms with Crippen molar-refractivity contribution < 1.29 is 17.6 Å². The second-order valence-electron chi connectivity index (χ2n) is 6.74. The van der Waals surface area contributed by atoms with E-state index in [1.54, 1.807) is 30.3 Å². The molecule has 1 N–H and O–H groups in total. The standard InChI is InChI=1S/C23H23FN2O3S/c1-2-22(18-9-5-3-6-10-18)25-23(27)17-26(20-11-7-4-8-12-20)30(28,29)21-15-13-19(24)14-16-21/h3-16,22H,2,17H2,1H3,(H,25,27)/t22-/m1/s1. The van der Waals surface area contributed by atoms with Gasteiger partial charge in [-0.2, -0.15) is 0 Å². The Kier molecular flexibility index (Phi) is 6.84. The first-order valence-electron chi connectivity index (χ1n) is 9.59. The minimum absolute atomic E-state index is 0.0874. The third-order valence-electron chi connectivity index (χ3n) is 4.68. The predicted molar refractivity (Wildman–Crippen MR) is 115 cm³/mol. The number of benzene rings is 3. The molecule has 5 nitrogen and oxygen atoms in total. The van der Waals surface area contributed by atoms with Crippen LogP contribution in [0.4, 0.5) is 10.1 Å². The first kappa shape index (κ1) is 21.5. The van der Waals surface area contributed by atoms with E-state index in [-0.39, 0.29) is 10.9 Å². The van der Waals surface area contributed by atoms with Crippen LogP contribution in [0.25, 0.3) is 0 Å². The van der Waals surface area contributed by atoms with E-state index in [0.29, 0.717) is 12.1 Å². The molecule has 7 heteroatoms. The molecule has 3 aromatic rings. The number of hydrogen-bond acceptors (Lipinski definition) is 3. The Morgan fingerprint density at radius 3 is 2.07 bits per heavy atom. The summed E-state index contributed by atoms with van der Waals surface area (Å²) in [5, 5.41) is 2.91. The number of hydrogen-bond donors (Lipinski definition) is 1. The van der Waals surface area contributed by atoms with Crippen molar-refractivity contribution in [3.05, 3.63) is 96.3 Å². The number of para-hydroxylation sites is 1. The lowest BCUT2D eigenvalue weighted by atomic mass is 10.0. The van der Waals surface area contributed by atoms with Crippen LogP contribution in [-0.2, 0) is 14.8 Å². The molecule has 0 aliphatic carbocycles. The lowest BCUT2D eigenvalue weighted by Gasteiger charge is -2.25. The van der Waals surface area contributed by atoms with Crippen LogP contribution in [0.3, 0.4) is 0 Å². The number of rotatable bonds is 8. The summed E-state index contributed by atoms with van der Waals surface area (Å²) in [6.45, 7) is 1.55. The van der Waals surface area contributed by atoms with Crippen LogP contribution in [0.2, 0.25) is 0 Å². The number of anilines is 1. The monoisotopic (exact) mass is 426 g/mol. The Morgan fingerprint density at radius 2 is 1.50 bits per heavy atom. The number of nitrogens with one attached hydrogen (secondary N) is 1. The van der Waals surface area contributed by atoms with Crippen LogP contribution in [0.15, 0.2) is 89.8 Å². The van der Waals surface area contributed by atoms with E-state index in [4.69, 9.17) is 0 Å². The molecule has 0 aromatic heterocycles. The SMILES string of the molecule is CC[C@@H](NC(=O)CN(c1ccccc1)S(=O)(=O)c1ccc(F)cc1)c1ccccc1. The van der Waals surface area contributed by atoms with Gasteiger partial charge in [0, 0.05) is 0 Å². The van der Waals surface area contributed by atoms with Gasteiger partial charge in [-0.25, -0.2) is 12.8 Å². The van der Waals surface area contributed by atoms with E-state index in [1.807, 2.05) is 37.3 Å². The summed E-state index contributed by atoms with van der Waals surface area (Å²) in [6.07, 6.45) is 0.659. The number of carbonyl (C=O) groups excluding carboxylic acids is 1. The van der Waals surface area contributed by atoms with Gasteiger partial charge in [0.05, 0.1) is 16.6 Å². The van der Waals surface area contributed by atoms with Crippen molar-refractivity contribution in [2.24, 2.45) is 0 Å². The van der Waals surface area contributed by atoms with E-state index < -0.39 is 28.3 Å². The quantitative estimate of drug-likeness (QED) is 0.584. The van der Waals surface area contributed by atoms with Crippen molar-refractivity contribution in [3.63, 3.8) is 0 Å². The summed E-state index contributed by atoms with van der Waals surface area (Å²) in [5.41, 5.74) is 1.30. The number of halogens is 1. The first-order valence-corrected chi connectivity index (χ1v) is 11.0. The molecule has 156 valence electrons. The molecule has 0 saturated heterocycles. The second-order valence-corrected chi connectivity index (χ2v) is 8.60. The molecule has 0 spiro atoms. The Hall–Kier alpha value is -3.19. The van der Waals surface area contributed by atoms with E-state index in [1.165, 1.54) is 12.1 Å². The molecule has 0 bridgehead atoms. The fourth-order valence-electron chi connectivity index (χ4n) is 3.12. The zero-order valence-corrected chi connectivity index (χ0v) is 17.3. The number of carbonyl (C=O) groups is 1. The van der Waals surface area contributed by atoms with Crippen LogP contribution >= 0.6 is 0 Å². The van der Waals surface area contributed by atoms with Crippen molar-refractivity contribution in [2.45, 2.75) is 24.3 Å². The van der Waals surface area contributed by atoms with Crippen molar-refractivity contribution in [1.82, 2.24) is 5.32 Å². The molecule has 0 unspecified atom stereocenters. The Bertz CT molecular complexity index is 1070. The zero-order valence-electron chi connectivity index (χ0n) is 16.5. The van der Waals surface area contributed by atoms with Gasteiger partial charge in [0.2, 0.25) is 5.91 Å². The van der Waals surface area contributed by atoms with Crippen molar-refractivity contribution in [2.75, 3.05) is 10.8 Å². The predicted octanol–water partition coefficient (Wildman–Crippen LogP) is 4.29. The molecule has 3 rings (SSSR count). The molecule has 0 heterocycles. The van der Waals surface area contributed by atoms with Gasteiger partial charge in [-0.3, -0.25) is 9.10 Å². The maximum atomic E-state index is 13.3. The van der Waals surface area contributed by atoms with E-state index >= 15 is 0 Å². The lowest BCUT2D eigenvalue weighted by molar-refractivity contribution is -0.120. The normalized spacial score (nSPS) is 12.2. The smallest absolute Gasteiger partial charge is 0.264 e. The van der Waals surface area contributed by atoms with Crippen molar-refractivity contribution in [1.29, 1.82) is 0 Å². The minimum Gasteiger partial charge on any atom is -0.348 e. The summed E-state index contributed by atoms with van der Waals surface area (Å²) < 4.78 is 40.8. The highest BCUT2D eigenvalue weighted by atomic mass is 32.2. The molecule has 30 heavy (non-hydrogen) atoms. The fourth-order valence-corrected chi connectivity index (χ4v) is 4.54. The number of sulfonamides is 1. The van der Waals surface area contributed by atoms with Gasteiger partial charge in [0.25, 0.3) is 10.0 Å². The van der Waals surface area contributed by atoms with Gasteiger partial charge in [0.1, 0.15) is 12.4 Å². The minimum atomic E-state index is -4.07. The average Bonchev–Trinajstić information content (AvgIpc) is 2.77. The fraction of sp³-hybridized carbons (Fsp3) is 0.174. The highest BCUT2D eigenvalue weighted by Gasteiger charge is 2.28. The molecular formula is C23H23FN2O3S. The highest BCUT2D eigenvalue weighted by molar-refractivity contribution is 7.92. The molecule has 0 aliphatic heterocycles. The third kappa shape index (κ3) is 5.04. The van der Waals surface area contributed by atoms with Gasteiger partial charge in [-0.15, -0.1) is 0 Å². The summed E-state index contributed by atoms with van der Waals surface area (Å²) in [5.74, 6) is -0.966. The van der Waals surface area contributed by atoms with Crippen LogP contribution in [0.5, 0.6) is 0 Å². The molecule has 0 fully saturated rings. The third-order valence-corrected chi connectivity index (χ3v) is 6.47. The van der Waals surface area contributed by atoms with Crippen molar-refractivity contribution in [3.8, 4) is 0 Å². The number of amides is 1. The Balaban J connectivity index is 1.88. The Labute approximate surface area is 176 Å². The molecular weight excluding hydrogens is 403 g/mol. The van der Waals surface area contributed by atoms with Gasteiger partial charge in [-0.05, 0) is 48.4 Å². The number of nitrogens with zero attached hydrogens (tertiary/aromatic N) is 1. The molecule has 0 saturated carbocycles. The van der Waals surface area contributed by atoms with E-state index in [9.17, 15) is 17.6 Å². The molecule has 3 aromatic carbocycles. The average molecular weight is 427 g/mol. The summed E-state index contributed by atoms with van der Waals surface area (Å²) in [6, 6.07) is 22.2. The molecule has 1 amide bonds. The van der Waals surface area contributed by atoms with Gasteiger partial charge in [0.15, 0.2) is 0 Å². The van der Waals surface area contributed by atoms with Crippen LogP contribution in [-0.4, -0.2) is 20.9 Å². The second kappa shape index (κ2) is 9.54. The molecule has 1 atom stereocenters. The summed E-state index contributed by atoms with van der Waals surface area (Å²) in [7, 11) is -4.07. The lowest BCUT2D eigenvalue weighted by Crippen LogP contribution is -2.42. The molecule has 0 radical (unpaired) electrons. The largest absolute Gasteiger partial charge is 0.348 e. The maximum Gasteiger partial charge on any atom is 0.264 e. The summed E-state index contributed by atoms with van der Waals surface area (Å²) >= 11 is 0. The van der Waals surface area contributed by atoms with Gasteiger partial charge >= 0.3 is 0 Å². The first-order chi connectivity index (χ1) is 14.4. The van der Waals surface area contributed by atoms with Crippen LogP contribution in [0.1, 0.15) is 24.9 Å². The van der Waals surface area contributed by atoms with Crippen LogP contribution in [0, 0.1) is 5.82 Å². The van der Waals surface area contributed by atoms with Crippen molar-refractivity contribution >= 4 is 21.6 Å². The topological polar surface area (TPSA) is 66.5 Å². The molecule has 0 aliphatic rings. The maximum absolute atomic E-state index is 13.3.